The molecule has 2 aromatic rings. The van der Waals surface area contributed by atoms with Crippen LogP contribution in [0.5, 0.6) is 0 Å². The van der Waals surface area contributed by atoms with E-state index in [0.717, 1.165) is 17.5 Å². The first-order valence-corrected chi connectivity index (χ1v) is 9.24. The summed E-state index contributed by atoms with van der Waals surface area (Å²) in [4.78, 5) is 26.2. The third kappa shape index (κ3) is 3.73. The molecule has 148 valence electrons. The van der Waals surface area contributed by atoms with Crippen molar-refractivity contribution in [3.05, 3.63) is 35.2 Å². The van der Waals surface area contributed by atoms with Crippen molar-refractivity contribution in [3.8, 4) is 0 Å². The third-order valence-electron chi connectivity index (χ3n) is 4.99. The Morgan fingerprint density at radius 2 is 2.29 bits per heavy atom. The Kier molecular flexibility index (Phi) is 5.31. The highest BCUT2D eigenvalue weighted by atomic mass is 16.5. The van der Waals surface area contributed by atoms with Crippen molar-refractivity contribution in [1.82, 2.24) is 25.1 Å². The van der Waals surface area contributed by atoms with Crippen LogP contribution in [0, 0.1) is 0 Å². The van der Waals surface area contributed by atoms with Gasteiger partial charge in [-0.05, 0) is 40.6 Å². The number of nitrogens with one attached hydrogen (secondary N) is 1. The standard InChI is InChI=1S/C18H22N6O4/c1-27-8-7-24-17(20-21-22-24)16-11-23(6-9-28-16)18(26)19-13-3-4-14-12(10-13)2-5-15(14)25/h3-4,10,16H,2,5-9,11H2,1H3,(H,19,26)/t16-/m0/s1. The Balaban J connectivity index is 1.41. The van der Waals surface area contributed by atoms with E-state index in [2.05, 4.69) is 20.8 Å². The molecule has 10 nitrogen and oxygen atoms in total. The fourth-order valence-corrected chi connectivity index (χ4v) is 3.50. The van der Waals surface area contributed by atoms with Crippen LogP contribution in [-0.2, 0) is 22.4 Å². The Morgan fingerprint density at radius 3 is 3.14 bits per heavy atom. The van der Waals surface area contributed by atoms with Crippen LogP contribution < -0.4 is 5.32 Å². The van der Waals surface area contributed by atoms with Gasteiger partial charge in [0.2, 0.25) is 0 Å². The van der Waals surface area contributed by atoms with Crippen molar-refractivity contribution in [2.45, 2.75) is 25.5 Å². The molecular weight excluding hydrogens is 364 g/mol. The van der Waals surface area contributed by atoms with Crippen LogP contribution in [0.25, 0.3) is 0 Å². The van der Waals surface area contributed by atoms with Crippen molar-refractivity contribution in [2.75, 3.05) is 38.7 Å². The molecule has 1 aromatic carbocycles. The molecule has 1 aromatic heterocycles. The zero-order valence-corrected chi connectivity index (χ0v) is 15.6. The second-order valence-electron chi connectivity index (χ2n) is 6.78. The Labute approximate surface area is 161 Å². The fourth-order valence-electron chi connectivity index (χ4n) is 3.50. The molecule has 1 fully saturated rings. The molecular formula is C18H22N6O4. The van der Waals surface area contributed by atoms with Gasteiger partial charge in [-0.1, -0.05) is 0 Å². The monoisotopic (exact) mass is 386 g/mol. The lowest BCUT2D eigenvalue weighted by Crippen LogP contribution is -2.45. The molecule has 2 heterocycles. The number of ketones is 1. The summed E-state index contributed by atoms with van der Waals surface area (Å²) >= 11 is 0. The number of hydrogen-bond donors (Lipinski definition) is 1. The Morgan fingerprint density at radius 1 is 1.39 bits per heavy atom. The largest absolute Gasteiger partial charge is 0.383 e. The maximum absolute atomic E-state index is 12.7. The number of carbonyl (C=O) groups is 2. The molecule has 2 aliphatic rings. The highest BCUT2D eigenvalue weighted by Gasteiger charge is 2.29. The van der Waals surface area contributed by atoms with Gasteiger partial charge in [-0.2, -0.15) is 0 Å². The lowest BCUT2D eigenvalue weighted by molar-refractivity contribution is -0.0209. The van der Waals surface area contributed by atoms with Crippen molar-refractivity contribution < 1.29 is 19.1 Å². The summed E-state index contributed by atoms with van der Waals surface area (Å²) in [6.07, 6.45) is 0.862. The van der Waals surface area contributed by atoms with E-state index >= 15 is 0 Å². The maximum atomic E-state index is 12.7. The van der Waals surface area contributed by atoms with Crippen molar-refractivity contribution >= 4 is 17.5 Å². The molecule has 10 heteroatoms. The van der Waals surface area contributed by atoms with Gasteiger partial charge >= 0.3 is 6.03 Å². The van der Waals surface area contributed by atoms with Crippen LogP contribution in [0.1, 0.15) is 34.3 Å². The predicted octanol–water partition coefficient (Wildman–Crippen LogP) is 1.05. The fraction of sp³-hybridized carbons (Fsp3) is 0.500. The first-order valence-electron chi connectivity index (χ1n) is 9.24. The lowest BCUT2D eigenvalue weighted by Gasteiger charge is -2.32. The van der Waals surface area contributed by atoms with Gasteiger partial charge in [0.15, 0.2) is 11.6 Å². The molecule has 1 N–H and O–H groups in total. The average molecular weight is 386 g/mol. The Hall–Kier alpha value is -2.85. The molecule has 2 amide bonds. The van der Waals surface area contributed by atoms with Crippen molar-refractivity contribution in [3.63, 3.8) is 0 Å². The van der Waals surface area contributed by atoms with Crippen LogP contribution in [0.3, 0.4) is 0 Å². The van der Waals surface area contributed by atoms with Gasteiger partial charge in [-0.25, -0.2) is 9.48 Å². The Bertz CT molecular complexity index is 883. The van der Waals surface area contributed by atoms with E-state index in [0.29, 0.717) is 50.8 Å². The zero-order valence-electron chi connectivity index (χ0n) is 15.6. The molecule has 1 saturated heterocycles. The first-order chi connectivity index (χ1) is 13.7. The summed E-state index contributed by atoms with van der Waals surface area (Å²) in [6.45, 7) is 2.22. The van der Waals surface area contributed by atoms with Gasteiger partial charge in [0, 0.05) is 31.3 Å². The highest BCUT2D eigenvalue weighted by molar-refractivity contribution is 6.01. The van der Waals surface area contributed by atoms with Gasteiger partial charge < -0.3 is 19.7 Å². The number of ether oxygens (including phenoxy) is 2. The number of carbonyl (C=O) groups excluding carboxylic acids is 2. The SMILES string of the molecule is COCCn1nnnc1[C@@H]1CN(C(=O)Nc2ccc3c(c2)CCC3=O)CCO1. The molecule has 0 radical (unpaired) electrons. The number of anilines is 1. The number of morpholine rings is 1. The minimum absolute atomic E-state index is 0.162. The highest BCUT2D eigenvalue weighted by Crippen LogP contribution is 2.26. The summed E-state index contributed by atoms with van der Waals surface area (Å²) in [6, 6.07) is 5.21. The molecule has 0 bridgehead atoms. The molecule has 28 heavy (non-hydrogen) atoms. The van der Waals surface area contributed by atoms with Crippen LogP contribution in [0.15, 0.2) is 18.2 Å². The number of fused-ring (bicyclic) bond motifs is 1. The molecule has 0 spiro atoms. The van der Waals surface area contributed by atoms with Crippen LogP contribution >= 0.6 is 0 Å². The van der Waals surface area contributed by atoms with Crippen LogP contribution in [0.4, 0.5) is 10.5 Å². The summed E-state index contributed by atoms with van der Waals surface area (Å²) < 4.78 is 12.5. The molecule has 1 aliphatic carbocycles. The van der Waals surface area contributed by atoms with Crippen molar-refractivity contribution in [2.24, 2.45) is 0 Å². The first kappa shape index (κ1) is 18.5. The number of tetrazole rings is 1. The van der Waals surface area contributed by atoms with E-state index in [4.69, 9.17) is 9.47 Å². The number of aromatic nitrogens is 4. The molecule has 0 saturated carbocycles. The van der Waals surface area contributed by atoms with Gasteiger partial charge in [0.1, 0.15) is 6.10 Å². The van der Waals surface area contributed by atoms with E-state index in [9.17, 15) is 9.59 Å². The van der Waals surface area contributed by atoms with Gasteiger partial charge in [-0.3, -0.25) is 4.79 Å². The topological polar surface area (TPSA) is 111 Å². The number of rotatable bonds is 5. The number of hydrogen-bond acceptors (Lipinski definition) is 7. The van der Waals surface area contributed by atoms with Crippen molar-refractivity contribution in [1.29, 1.82) is 0 Å². The minimum Gasteiger partial charge on any atom is -0.383 e. The van der Waals surface area contributed by atoms with E-state index in [1.807, 2.05) is 6.07 Å². The summed E-state index contributed by atoms with van der Waals surface area (Å²) in [5.41, 5.74) is 2.43. The second kappa shape index (κ2) is 8.03. The lowest BCUT2D eigenvalue weighted by atomic mass is 10.1. The number of methoxy groups -OCH3 is 1. The number of nitrogens with zero attached hydrogens (tertiary/aromatic N) is 5. The van der Waals surface area contributed by atoms with E-state index < -0.39 is 6.10 Å². The van der Waals surface area contributed by atoms with E-state index in [-0.39, 0.29) is 11.8 Å². The normalized spacial score (nSPS) is 19.0. The van der Waals surface area contributed by atoms with Crippen LogP contribution in [0.2, 0.25) is 0 Å². The number of amides is 2. The third-order valence-corrected chi connectivity index (χ3v) is 4.99. The second-order valence-corrected chi connectivity index (χ2v) is 6.78. The van der Waals surface area contributed by atoms with Gasteiger partial charge in [0.05, 0.1) is 26.3 Å². The predicted molar refractivity (Wildman–Crippen MR) is 98.1 cm³/mol. The quantitative estimate of drug-likeness (QED) is 0.817. The number of benzene rings is 1. The molecule has 4 rings (SSSR count). The molecule has 0 unspecified atom stereocenters. The molecule has 1 aliphatic heterocycles. The number of aryl methyl sites for hydroxylation is 1. The van der Waals surface area contributed by atoms with Gasteiger partial charge in [0.25, 0.3) is 0 Å². The molecule has 1 atom stereocenters. The average Bonchev–Trinajstić information content (AvgIpc) is 3.33. The minimum atomic E-state index is -0.399. The zero-order chi connectivity index (χ0) is 19.5. The van der Waals surface area contributed by atoms with E-state index in [1.165, 1.54) is 0 Å². The summed E-state index contributed by atoms with van der Waals surface area (Å²) in [5.74, 6) is 0.737. The number of urea groups is 1. The van der Waals surface area contributed by atoms with Gasteiger partial charge in [-0.15, -0.1) is 5.10 Å². The summed E-state index contributed by atoms with van der Waals surface area (Å²) in [5, 5.41) is 14.6. The summed E-state index contributed by atoms with van der Waals surface area (Å²) in [7, 11) is 1.61. The smallest absolute Gasteiger partial charge is 0.322 e. The maximum Gasteiger partial charge on any atom is 0.322 e. The number of Topliss-reactive ketones (excluding diaryl/α,β-unsaturated/α-hetero) is 1. The van der Waals surface area contributed by atoms with Crippen LogP contribution in [-0.4, -0.2) is 70.3 Å². The van der Waals surface area contributed by atoms with E-state index in [1.54, 1.807) is 28.8 Å².